The lowest BCUT2D eigenvalue weighted by molar-refractivity contribution is -0.152. The van der Waals surface area contributed by atoms with E-state index in [2.05, 4.69) is 21.7 Å². The third-order valence-corrected chi connectivity index (χ3v) is 2.62. The van der Waals surface area contributed by atoms with E-state index in [0.717, 1.165) is 12.7 Å². The van der Waals surface area contributed by atoms with Crippen LogP contribution in [0, 0.1) is 10.8 Å². The molecule has 0 fully saturated rings. The summed E-state index contributed by atoms with van der Waals surface area (Å²) in [5.41, 5.74) is -0.161. The molecule has 0 amide bonds. The van der Waals surface area contributed by atoms with Crippen LogP contribution in [0.4, 0.5) is 0 Å². The van der Waals surface area contributed by atoms with Gasteiger partial charge in [0.15, 0.2) is 0 Å². The minimum atomic E-state index is -0.367. The molecular weight excluding hydrogens is 163 g/mol. The highest BCUT2D eigenvalue weighted by atomic mass is 16.5. The zero-order chi connectivity index (χ0) is 10.7. The van der Waals surface area contributed by atoms with Crippen molar-refractivity contribution in [3.05, 3.63) is 0 Å². The summed E-state index contributed by atoms with van der Waals surface area (Å²) in [7, 11) is 3.59. The number of methoxy groups -OCH3 is 1. The SMILES string of the molecule is BCC(C)(C)CC(C)(C)C(=O)OC. The molecule has 0 aromatic heterocycles. The van der Waals surface area contributed by atoms with Gasteiger partial charge in [-0.3, -0.25) is 4.79 Å². The summed E-state index contributed by atoms with van der Waals surface area (Å²) >= 11 is 0. The predicted octanol–water partition coefficient (Wildman–Crippen LogP) is 1.65. The summed E-state index contributed by atoms with van der Waals surface area (Å²) in [5, 5.41) is 0. The van der Waals surface area contributed by atoms with Gasteiger partial charge in [-0.2, -0.15) is 0 Å². The van der Waals surface area contributed by atoms with Crippen molar-refractivity contribution in [2.45, 2.75) is 40.4 Å². The number of carbonyl (C=O) groups excluding carboxylic acids is 1. The average molecular weight is 184 g/mol. The van der Waals surface area contributed by atoms with Crippen LogP contribution < -0.4 is 0 Å². The summed E-state index contributed by atoms with van der Waals surface area (Å²) in [6, 6.07) is 0. The van der Waals surface area contributed by atoms with Crippen molar-refractivity contribution in [3.63, 3.8) is 0 Å². The summed E-state index contributed by atoms with van der Waals surface area (Å²) in [6.45, 7) is 8.24. The first-order chi connectivity index (χ1) is 5.75. The third kappa shape index (κ3) is 3.84. The van der Waals surface area contributed by atoms with E-state index in [4.69, 9.17) is 4.74 Å². The molecule has 76 valence electrons. The van der Waals surface area contributed by atoms with Crippen molar-refractivity contribution < 1.29 is 9.53 Å². The number of rotatable bonds is 4. The molecule has 0 unspecified atom stereocenters. The molecule has 0 bridgehead atoms. The number of hydrogen-bond donors (Lipinski definition) is 0. The van der Waals surface area contributed by atoms with Crippen LogP contribution in [-0.4, -0.2) is 20.9 Å². The zero-order valence-electron chi connectivity index (χ0n) is 9.73. The quantitative estimate of drug-likeness (QED) is 0.490. The Hall–Kier alpha value is -0.465. The zero-order valence-corrected chi connectivity index (χ0v) is 9.73. The molecule has 0 aliphatic heterocycles. The minimum absolute atomic E-state index is 0.117. The topological polar surface area (TPSA) is 26.3 Å². The summed E-state index contributed by atoms with van der Waals surface area (Å²) in [4.78, 5) is 11.4. The maximum absolute atomic E-state index is 11.4. The second kappa shape index (κ2) is 4.16. The summed E-state index contributed by atoms with van der Waals surface area (Å²) in [5.74, 6) is -0.117. The molecule has 0 heterocycles. The minimum Gasteiger partial charge on any atom is -0.469 e. The summed E-state index contributed by atoms with van der Waals surface area (Å²) < 4.78 is 4.77. The predicted molar refractivity (Wildman–Crippen MR) is 57.5 cm³/mol. The van der Waals surface area contributed by atoms with Crippen LogP contribution in [0.25, 0.3) is 0 Å². The van der Waals surface area contributed by atoms with E-state index >= 15 is 0 Å². The molecule has 0 aromatic rings. The molecular formula is C10H21BO2. The molecule has 0 saturated heterocycles. The fourth-order valence-electron chi connectivity index (χ4n) is 1.67. The first-order valence-electron chi connectivity index (χ1n) is 4.83. The Bertz CT molecular complexity index is 185. The van der Waals surface area contributed by atoms with Gasteiger partial charge in [0.05, 0.1) is 12.5 Å². The largest absolute Gasteiger partial charge is 0.469 e. The normalized spacial score (nSPS) is 12.7. The van der Waals surface area contributed by atoms with E-state index < -0.39 is 0 Å². The van der Waals surface area contributed by atoms with Gasteiger partial charge in [0.2, 0.25) is 0 Å². The van der Waals surface area contributed by atoms with E-state index in [-0.39, 0.29) is 16.8 Å². The summed E-state index contributed by atoms with van der Waals surface area (Å²) in [6.07, 6.45) is 1.94. The van der Waals surface area contributed by atoms with Gasteiger partial charge in [0, 0.05) is 0 Å². The number of carbonyl (C=O) groups is 1. The Kier molecular flexibility index (Phi) is 4.01. The van der Waals surface area contributed by atoms with Gasteiger partial charge in [0.1, 0.15) is 7.85 Å². The number of ether oxygens (including phenoxy) is 1. The molecule has 0 saturated carbocycles. The molecule has 0 N–H and O–H groups in total. The Morgan fingerprint density at radius 1 is 1.31 bits per heavy atom. The molecule has 13 heavy (non-hydrogen) atoms. The molecule has 2 nitrogen and oxygen atoms in total. The van der Waals surface area contributed by atoms with Gasteiger partial charge in [-0.25, -0.2) is 0 Å². The molecule has 0 radical (unpaired) electrons. The van der Waals surface area contributed by atoms with E-state index in [1.165, 1.54) is 7.11 Å². The lowest BCUT2D eigenvalue weighted by Gasteiger charge is -2.32. The molecule has 3 heteroatoms. The second-order valence-electron chi connectivity index (χ2n) is 5.07. The van der Waals surface area contributed by atoms with Gasteiger partial charge in [-0.1, -0.05) is 20.2 Å². The van der Waals surface area contributed by atoms with Gasteiger partial charge in [0.25, 0.3) is 0 Å². The van der Waals surface area contributed by atoms with Crippen molar-refractivity contribution in [2.24, 2.45) is 10.8 Å². The van der Waals surface area contributed by atoms with Gasteiger partial charge < -0.3 is 4.74 Å². The van der Waals surface area contributed by atoms with E-state index in [1.54, 1.807) is 0 Å². The van der Waals surface area contributed by atoms with Gasteiger partial charge >= 0.3 is 5.97 Å². The fourth-order valence-corrected chi connectivity index (χ4v) is 1.67. The van der Waals surface area contributed by atoms with Crippen LogP contribution in [0.5, 0.6) is 0 Å². The van der Waals surface area contributed by atoms with Gasteiger partial charge in [-0.15, -0.1) is 0 Å². The molecule has 0 aromatic carbocycles. The van der Waals surface area contributed by atoms with Crippen LogP contribution in [0.15, 0.2) is 0 Å². The Labute approximate surface area is 82.5 Å². The monoisotopic (exact) mass is 184 g/mol. The van der Waals surface area contributed by atoms with Crippen LogP contribution in [0.1, 0.15) is 34.1 Å². The first-order valence-corrected chi connectivity index (χ1v) is 4.83. The molecule has 0 rings (SSSR count). The Morgan fingerprint density at radius 2 is 1.77 bits per heavy atom. The van der Waals surface area contributed by atoms with Crippen LogP contribution in [0.3, 0.4) is 0 Å². The van der Waals surface area contributed by atoms with Gasteiger partial charge in [-0.05, 0) is 25.7 Å². The fraction of sp³-hybridized carbons (Fsp3) is 0.900. The third-order valence-electron chi connectivity index (χ3n) is 2.62. The smallest absolute Gasteiger partial charge is 0.311 e. The van der Waals surface area contributed by atoms with E-state index in [9.17, 15) is 4.79 Å². The standard InChI is InChI=1S/C10H21BO2/c1-9(2,7-11)6-10(3,4)8(12)13-5/h6-7,11H2,1-5H3. The van der Waals surface area contributed by atoms with Crippen LogP contribution in [-0.2, 0) is 9.53 Å². The average Bonchev–Trinajstić information content (AvgIpc) is 2.01. The molecule has 0 aliphatic rings. The van der Waals surface area contributed by atoms with Crippen LogP contribution >= 0.6 is 0 Å². The Morgan fingerprint density at radius 3 is 2.08 bits per heavy atom. The van der Waals surface area contributed by atoms with E-state index in [0.29, 0.717) is 0 Å². The highest BCUT2D eigenvalue weighted by Crippen LogP contribution is 2.36. The highest BCUT2D eigenvalue weighted by Gasteiger charge is 2.34. The van der Waals surface area contributed by atoms with Crippen molar-refractivity contribution in [2.75, 3.05) is 7.11 Å². The van der Waals surface area contributed by atoms with Crippen molar-refractivity contribution in [1.29, 1.82) is 0 Å². The highest BCUT2D eigenvalue weighted by molar-refractivity contribution is 6.08. The van der Waals surface area contributed by atoms with Crippen molar-refractivity contribution in [3.8, 4) is 0 Å². The molecule has 0 aliphatic carbocycles. The molecule has 0 spiro atoms. The van der Waals surface area contributed by atoms with E-state index in [1.807, 2.05) is 13.8 Å². The number of hydrogen-bond acceptors (Lipinski definition) is 2. The second-order valence-corrected chi connectivity index (χ2v) is 5.07. The molecule has 0 atom stereocenters. The van der Waals surface area contributed by atoms with Crippen molar-refractivity contribution >= 4 is 13.8 Å². The lowest BCUT2D eigenvalue weighted by Crippen LogP contribution is -2.31. The van der Waals surface area contributed by atoms with Crippen LogP contribution in [0.2, 0.25) is 6.32 Å². The maximum Gasteiger partial charge on any atom is 0.311 e. The lowest BCUT2D eigenvalue weighted by atomic mass is 9.69. The first kappa shape index (κ1) is 12.5. The Balaban J connectivity index is 4.41. The van der Waals surface area contributed by atoms with Crippen molar-refractivity contribution in [1.82, 2.24) is 0 Å². The maximum atomic E-state index is 11.4. The number of esters is 1.